The maximum Gasteiger partial charge on any atom is 0.315 e. The molecule has 0 aromatic carbocycles. The zero-order valence-corrected chi connectivity index (χ0v) is 17.2. The van der Waals surface area contributed by atoms with Crippen LogP contribution in [0.2, 0.25) is 0 Å². The molecule has 0 saturated heterocycles. The predicted octanol–water partition coefficient (Wildman–Crippen LogP) is 4.24. The van der Waals surface area contributed by atoms with Crippen LogP contribution >= 0.6 is 0 Å². The van der Waals surface area contributed by atoms with Gasteiger partial charge in [0, 0.05) is 19.1 Å². The molecule has 1 atom stereocenters. The van der Waals surface area contributed by atoms with Gasteiger partial charge in [-0.1, -0.05) is 31.9 Å². The third kappa shape index (κ3) is 9.83. The number of carbonyl (C=O) groups is 2. The van der Waals surface area contributed by atoms with E-state index < -0.39 is 6.04 Å². The molecule has 5 heteroatoms. The smallest absolute Gasteiger partial charge is 0.315 e. The Balaban J connectivity index is 2.44. The van der Waals surface area contributed by atoms with Gasteiger partial charge in [-0.25, -0.2) is 4.79 Å². The molecule has 0 spiro atoms. The first kappa shape index (κ1) is 22.5. The molecular formula is C21H39N3O2. The van der Waals surface area contributed by atoms with E-state index in [-0.39, 0.29) is 18.0 Å². The second-order valence-corrected chi connectivity index (χ2v) is 7.65. The fourth-order valence-corrected chi connectivity index (χ4v) is 3.00. The van der Waals surface area contributed by atoms with Crippen LogP contribution in [-0.4, -0.2) is 42.0 Å². The van der Waals surface area contributed by atoms with Gasteiger partial charge in [-0.05, 0) is 65.2 Å². The lowest BCUT2D eigenvalue weighted by molar-refractivity contribution is -0.133. The van der Waals surface area contributed by atoms with E-state index in [1.807, 2.05) is 25.7 Å². The van der Waals surface area contributed by atoms with Crippen LogP contribution in [0.5, 0.6) is 0 Å². The van der Waals surface area contributed by atoms with Gasteiger partial charge in [0.1, 0.15) is 6.04 Å². The van der Waals surface area contributed by atoms with Crippen LogP contribution in [0.25, 0.3) is 0 Å². The molecule has 5 nitrogen and oxygen atoms in total. The number of carbonyl (C=O) groups excluding carboxylic acids is 2. The molecule has 150 valence electrons. The molecule has 1 aliphatic rings. The molecule has 0 bridgehead atoms. The Hall–Kier alpha value is -1.52. The average molecular weight is 366 g/mol. The summed E-state index contributed by atoms with van der Waals surface area (Å²) in [6, 6.07) is -0.623. The Bertz CT molecular complexity index is 445. The average Bonchev–Trinajstić information content (AvgIpc) is 3.40. The van der Waals surface area contributed by atoms with E-state index in [1.54, 1.807) is 0 Å². The van der Waals surface area contributed by atoms with Crippen LogP contribution in [0.4, 0.5) is 4.79 Å². The molecule has 0 aromatic rings. The van der Waals surface area contributed by atoms with E-state index in [1.165, 1.54) is 12.8 Å². The molecule has 1 fully saturated rings. The number of unbranched alkanes of at least 4 members (excludes halogenated alkanes) is 3. The first-order valence-corrected chi connectivity index (χ1v) is 10.5. The van der Waals surface area contributed by atoms with Gasteiger partial charge in [0.2, 0.25) is 5.91 Å². The highest BCUT2D eigenvalue weighted by Gasteiger charge is 2.24. The monoisotopic (exact) mass is 365 g/mol. The van der Waals surface area contributed by atoms with E-state index in [0.29, 0.717) is 13.0 Å². The lowest BCUT2D eigenvalue weighted by Gasteiger charge is -2.27. The number of hydrogen-bond donors (Lipinski definition) is 2. The van der Waals surface area contributed by atoms with Crippen LogP contribution in [0.15, 0.2) is 12.2 Å². The third-order valence-electron chi connectivity index (χ3n) is 4.60. The number of amides is 3. The van der Waals surface area contributed by atoms with Crippen LogP contribution in [0.3, 0.4) is 0 Å². The van der Waals surface area contributed by atoms with E-state index in [0.717, 1.165) is 44.6 Å². The molecular weight excluding hydrogens is 326 g/mol. The van der Waals surface area contributed by atoms with Gasteiger partial charge < -0.3 is 15.5 Å². The van der Waals surface area contributed by atoms with Crippen LogP contribution in [-0.2, 0) is 4.79 Å². The minimum atomic E-state index is -0.428. The summed E-state index contributed by atoms with van der Waals surface area (Å²) in [7, 11) is 0. The van der Waals surface area contributed by atoms with Crippen molar-refractivity contribution in [1.82, 2.24) is 15.5 Å². The van der Waals surface area contributed by atoms with E-state index in [9.17, 15) is 9.59 Å². The maximum absolute atomic E-state index is 12.8. The van der Waals surface area contributed by atoms with Crippen LogP contribution in [0, 0.1) is 5.92 Å². The molecule has 1 rings (SSSR count). The fraction of sp³-hybridized carbons (Fsp3) is 0.810. The van der Waals surface area contributed by atoms with Gasteiger partial charge in [-0.15, -0.1) is 0 Å². The molecule has 26 heavy (non-hydrogen) atoms. The van der Waals surface area contributed by atoms with Gasteiger partial charge in [-0.2, -0.15) is 0 Å². The molecule has 0 aliphatic heterocycles. The summed E-state index contributed by atoms with van der Waals surface area (Å²) in [5.41, 5.74) is 0. The highest BCUT2D eigenvalue weighted by molar-refractivity contribution is 5.87. The topological polar surface area (TPSA) is 61.4 Å². The summed E-state index contributed by atoms with van der Waals surface area (Å²) in [5, 5.41) is 5.71. The normalized spacial score (nSPS) is 15.3. The van der Waals surface area contributed by atoms with Crippen molar-refractivity contribution in [2.24, 2.45) is 5.92 Å². The molecule has 0 heterocycles. The second-order valence-electron chi connectivity index (χ2n) is 7.65. The van der Waals surface area contributed by atoms with Crippen molar-refractivity contribution in [2.75, 3.05) is 13.1 Å². The molecule has 1 saturated carbocycles. The number of rotatable bonds is 13. The highest BCUT2D eigenvalue weighted by Crippen LogP contribution is 2.30. The van der Waals surface area contributed by atoms with E-state index in [4.69, 9.17) is 0 Å². The Morgan fingerprint density at radius 3 is 2.42 bits per heavy atom. The molecule has 3 amide bonds. The summed E-state index contributed by atoms with van der Waals surface area (Å²) in [5.74, 6) is 0.890. The van der Waals surface area contributed by atoms with Crippen molar-refractivity contribution in [3.05, 3.63) is 12.2 Å². The first-order valence-electron chi connectivity index (χ1n) is 10.5. The highest BCUT2D eigenvalue weighted by atomic mass is 16.2. The van der Waals surface area contributed by atoms with Crippen molar-refractivity contribution in [3.8, 4) is 0 Å². The van der Waals surface area contributed by atoms with E-state index >= 15 is 0 Å². The van der Waals surface area contributed by atoms with Gasteiger partial charge in [0.25, 0.3) is 0 Å². The summed E-state index contributed by atoms with van der Waals surface area (Å²) in [6.45, 7) is 9.32. The minimum Gasteiger partial charge on any atom is -0.341 e. The van der Waals surface area contributed by atoms with Gasteiger partial charge >= 0.3 is 6.03 Å². The minimum absolute atomic E-state index is 0.0434. The Morgan fingerprint density at radius 1 is 1.12 bits per heavy atom. The lowest BCUT2D eigenvalue weighted by Crippen LogP contribution is -2.52. The largest absolute Gasteiger partial charge is 0.341 e. The van der Waals surface area contributed by atoms with Gasteiger partial charge in [0.05, 0.1) is 0 Å². The van der Waals surface area contributed by atoms with Crippen molar-refractivity contribution < 1.29 is 9.59 Å². The Morgan fingerprint density at radius 2 is 1.85 bits per heavy atom. The second kappa shape index (κ2) is 12.8. The zero-order valence-electron chi connectivity index (χ0n) is 17.2. The summed E-state index contributed by atoms with van der Waals surface area (Å²) >= 11 is 0. The Labute approximate surface area is 160 Å². The number of nitrogens with one attached hydrogen (secondary N) is 2. The number of allylic oxidation sites excluding steroid dienone is 2. The van der Waals surface area contributed by atoms with Crippen molar-refractivity contribution >= 4 is 11.9 Å². The maximum atomic E-state index is 12.8. The zero-order chi connectivity index (χ0) is 19.4. The van der Waals surface area contributed by atoms with Crippen LogP contribution in [0.1, 0.15) is 79.1 Å². The predicted molar refractivity (Wildman–Crippen MR) is 108 cm³/mol. The molecule has 0 aromatic heterocycles. The van der Waals surface area contributed by atoms with Gasteiger partial charge in [0.15, 0.2) is 0 Å². The molecule has 1 aliphatic carbocycles. The van der Waals surface area contributed by atoms with Crippen LogP contribution < -0.4 is 10.6 Å². The Kier molecular flexibility index (Phi) is 11.1. The number of likely N-dealkylation sites (N-methyl/N-ethyl adjacent to an activating group) is 1. The molecule has 2 N–H and O–H groups in total. The first-order chi connectivity index (χ1) is 12.5. The van der Waals surface area contributed by atoms with Gasteiger partial charge in [-0.3, -0.25) is 4.79 Å². The van der Waals surface area contributed by atoms with Crippen molar-refractivity contribution in [3.63, 3.8) is 0 Å². The number of hydrogen-bond acceptors (Lipinski definition) is 2. The van der Waals surface area contributed by atoms with Crippen molar-refractivity contribution in [1.29, 1.82) is 0 Å². The SMILES string of the molecule is CCCN(CC)C(=O)[C@H](CCCCC/C=C\C1CC1)NC(=O)NC(C)C. The summed E-state index contributed by atoms with van der Waals surface area (Å²) in [6.07, 6.45) is 13.3. The number of nitrogens with zero attached hydrogens (tertiary/aromatic N) is 1. The molecule has 0 unspecified atom stereocenters. The third-order valence-corrected chi connectivity index (χ3v) is 4.60. The van der Waals surface area contributed by atoms with E-state index in [2.05, 4.69) is 29.7 Å². The molecule has 0 radical (unpaired) electrons. The lowest BCUT2D eigenvalue weighted by atomic mass is 10.1. The van der Waals surface area contributed by atoms with Crippen molar-refractivity contribution in [2.45, 2.75) is 91.1 Å². The fourth-order valence-electron chi connectivity index (χ4n) is 3.00. The number of urea groups is 1. The summed E-state index contributed by atoms with van der Waals surface area (Å²) < 4.78 is 0. The quantitative estimate of drug-likeness (QED) is 0.379. The summed E-state index contributed by atoms with van der Waals surface area (Å²) in [4.78, 5) is 26.7. The standard InChI is InChI=1S/C21H39N3O2/c1-5-16-24(6-2)20(25)19(23-21(26)22-17(3)4)13-11-9-7-8-10-12-18-14-15-18/h10,12,17-19H,5-9,11,13-16H2,1-4H3,(H2,22,23,26)/b12-10-/t19-/m0/s1.